The van der Waals surface area contributed by atoms with E-state index in [0.29, 0.717) is 11.4 Å². The van der Waals surface area contributed by atoms with Crippen molar-refractivity contribution >= 4 is 28.8 Å². The van der Waals surface area contributed by atoms with Gasteiger partial charge < -0.3 is 9.88 Å². The minimum Gasteiger partial charge on any atom is -0.342 e. The van der Waals surface area contributed by atoms with E-state index in [4.69, 9.17) is 11.6 Å². The van der Waals surface area contributed by atoms with Gasteiger partial charge in [-0.05, 0) is 40.1 Å². The van der Waals surface area contributed by atoms with Crippen LogP contribution in [0.15, 0.2) is 53.5 Å². The Morgan fingerprint density at radius 3 is 2.74 bits per heavy atom. The molecule has 1 atom stereocenters. The first-order valence-corrected chi connectivity index (χ1v) is 8.48. The average Bonchev–Trinajstić information content (AvgIpc) is 3.18. The molecule has 3 aromatic rings. The summed E-state index contributed by atoms with van der Waals surface area (Å²) < 4.78 is 1.91. The lowest BCUT2D eigenvalue weighted by atomic mass is 10.1. The standard InChI is InChI=1S/C17H16ClN3OS/c1-21-8-7-19-17(21)16(13-2-4-14(18)5-3-13)20-15(22)10-12-6-9-23-11-12/h2-9,11,16H,10H2,1H3,(H,20,22)/t16-/m0/s1. The summed E-state index contributed by atoms with van der Waals surface area (Å²) in [6.45, 7) is 0. The molecule has 0 saturated carbocycles. The summed E-state index contributed by atoms with van der Waals surface area (Å²) in [4.78, 5) is 16.8. The molecule has 0 aliphatic carbocycles. The number of amides is 1. The molecule has 118 valence electrons. The second-order valence-electron chi connectivity index (χ2n) is 5.26. The van der Waals surface area contributed by atoms with E-state index in [-0.39, 0.29) is 11.9 Å². The Morgan fingerprint density at radius 2 is 2.13 bits per heavy atom. The second-order valence-corrected chi connectivity index (χ2v) is 6.47. The van der Waals surface area contributed by atoms with Crippen molar-refractivity contribution in [3.63, 3.8) is 0 Å². The fourth-order valence-electron chi connectivity index (χ4n) is 2.40. The summed E-state index contributed by atoms with van der Waals surface area (Å²) in [6.07, 6.45) is 3.95. The Morgan fingerprint density at radius 1 is 1.35 bits per heavy atom. The smallest absolute Gasteiger partial charge is 0.225 e. The van der Waals surface area contributed by atoms with E-state index in [2.05, 4.69) is 10.3 Å². The van der Waals surface area contributed by atoms with Crippen molar-refractivity contribution < 1.29 is 4.79 Å². The van der Waals surface area contributed by atoms with Crippen LogP contribution in [0.1, 0.15) is 23.0 Å². The van der Waals surface area contributed by atoms with Gasteiger partial charge in [0.1, 0.15) is 11.9 Å². The number of imidazole rings is 1. The lowest BCUT2D eigenvalue weighted by molar-refractivity contribution is -0.121. The van der Waals surface area contributed by atoms with Gasteiger partial charge in [-0.3, -0.25) is 4.79 Å². The maximum atomic E-state index is 12.4. The largest absolute Gasteiger partial charge is 0.342 e. The number of carbonyl (C=O) groups is 1. The molecule has 6 heteroatoms. The predicted molar refractivity (Wildman–Crippen MR) is 92.7 cm³/mol. The highest BCUT2D eigenvalue weighted by Gasteiger charge is 2.20. The van der Waals surface area contributed by atoms with Crippen molar-refractivity contribution in [3.05, 3.63) is 75.5 Å². The van der Waals surface area contributed by atoms with Crippen LogP contribution < -0.4 is 5.32 Å². The van der Waals surface area contributed by atoms with Crippen LogP contribution in [0.2, 0.25) is 5.02 Å². The van der Waals surface area contributed by atoms with E-state index in [1.807, 2.05) is 58.9 Å². The Balaban J connectivity index is 1.85. The quantitative estimate of drug-likeness (QED) is 0.768. The topological polar surface area (TPSA) is 46.9 Å². The van der Waals surface area contributed by atoms with Crippen molar-refractivity contribution in [3.8, 4) is 0 Å². The van der Waals surface area contributed by atoms with Crippen LogP contribution in [0.25, 0.3) is 0 Å². The first-order chi connectivity index (χ1) is 11.1. The zero-order valence-electron chi connectivity index (χ0n) is 12.6. The summed E-state index contributed by atoms with van der Waals surface area (Å²) in [5, 5.41) is 7.69. The molecule has 0 aliphatic heterocycles. The number of benzene rings is 1. The fraction of sp³-hybridized carbons (Fsp3) is 0.176. The molecule has 0 radical (unpaired) electrons. The molecule has 2 aromatic heterocycles. The molecule has 0 bridgehead atoms. The van der Waals surface area contributed by atoms with Gasteiger partial charge in [0.05, 0.1) is 6.42 Å². The lowest BCUT2D eigenvalue weighted by Gasteiger charge is -2.19. The molecule has 0 fully saturated rings. The number of halogens is 1. The Labute approximate surface area is 143 Å². The third kappa shape index (κ3) is 3.81. The number of carbonyl (C=O) groups excluding carboxylic acids is 1. The van der Waals surface area contributed by atoms with E-state index >= 15 is 0 Å². The summed E-state index contributed by atoms with van der Waals surface area (Å²) in [5.74, 6) is 0.748. The van der Waals surface area contributed by atoms with Crippen LogP contribution in [-0.2, 0) is 18.3 Å². The highest BCUT2D eigenvalue weighted by atomic mass is 35.5. The van der Waals surface area contributed by atoms with E-state index in [1.165, 1.54) is 0 Å². The number of nitrogens with zero attached hydrogens (tertiary/aromatic N) is 2. The molecule has 0 aliphatic rings. The summed E-state index contributed by atoms with van der Waals surface area (Å²) in [5.41, 5.74) is 1.96. The van der Waals surface area contributed by atoms with Crippen molar-refractivity contribution in [2.24, 2.45) is 7.05 Å². The van der Waals surface area contributed by atoms with Crippen LogP contribution in [0, 0.1) is 0 Å². The number of thiophene rings is 1. The molecule has 1 aromatic carbocycles. The van der Waals surface area contributed by atoms with Gasteiger partial charge in [-0.25, -0.2) is 4.98 Å². The predicted octanol–water partition coefficient (Wildman–Crippen LogP) is 3.58. The maximum Gasteiger partial charge on any atom is 0.225 e. The first-order valence-electron chi connectivity index (χ1n) is 7.16. The van der Waals surface area contributed by atoms with Gasteiger partial charge >= 0.3 is 0 Å². The molecular formula is C17H16ClN3OS. The number of nitrogens with one attached hydrogen (secondary N) is 1. The van der Waals surface area contributed by atoms with Gasteiger partial charge in [-0.2, -0.15) is 11.3 Å². The Kier molecular flexibility index (Phi) is 4.79. The second kappa shape index (κ2) is 6.98. The van der Waals surface area contributed by atoms with Crippen molar-refractivity contribution in [2.45, 2.75) is 12.5 Å². The van der Waals surface area contributed by atoms with Gasteiger partial charge in [0.15, 0.2) is 0 Å². The number of hydrogen-bond donors (Lipinski definition) is 1. The third-order valence-corrected chi connectivity index (χ3v) is 4.55. The molecule has 1 amide bonds. The number of aryl methyl sites for hydroxylation is 1. The Hall–Kier alpha value is -2.11. The monoisotopic (exact) mass is 345 g/mol. The van der Waals surface area contributed by atoms with E-state index < -0.39 is 0 Å². The third-order valence-electron chi connectivity index (χ3n) is 3.57. The molecule has 4 nitrogen and oxygen atoms in total. The fourth-order valence-corrected chi connectivity index (χ4v) is 3.19. The summed E-state index contributed by atoms with van der Waals surface area (Å²) in [7, 11) is 1.91. The highest BCUT2D eigenvalue weighted by molar-refractivity contribution is 7.08. The molecule has 0 saturated heterocycles. The van der Waals surface area contributed by atoms with Crippen molar-refractivity contribution in [2.75, 3.05) is 0 Å². The van der Waals surface area contributed by atoms with Crippen LogP contribution in [0.5, 0.6) is 0 Å². The van der Waals surface area contributed by atoms with E-state index in [1.54, 1.807) is 17.5 Å². The summed E-state index contributed by atoms with van der Waals surface area (Å²) in [6, 6.07) is 9.11. The van der Waals surface area contributed by atoms with E-state index in [0.717, 1.165) is 17.0 Å². The molecule has 0 unspecified atom stereocenters. The lowest BCUT2D eigenvalue weighted by Crippen LogP contribution is -2.32. The molecule has 0 spiro atoms. The average molecular weight is 346 g/mol. The highest BCUT2D eigenvalue weighted by Crippen LogP contribution is 2.22. The normalized spacial score (nSPS) is 12.1. The van der Waals surface area contributed by atoms with Crippen LogP contribution in [0.3, 0.4) is 0 Å². The van der Waals surface area contributed by atoms with Gasteiger partial charge in [0.25, 0.3) is 0 Å². The molecular weight excluding hydrogens is 330 g/mol. The maximum absolute atomic E-state index is 12.4. The van der Waals surface area contributed by atoms with Gasteiger partial charge in [0.2, 0.25) is 5.91 Å². The van der Waals surface area contributed by atoms with Crippen molar-refractivity contribution in [1.82, 2.24) is 14.9 Å². The minimum atomic E-state index is -0.307. The van der Waals surface area contributed by atoms with Crippen LogP contribution >= 0.6 is 22.9 Å². The minimum absolute atomic E-state index is 0.0358. The van der Waals surface area contributed by atoms with Gasteiger partial charge in [-0.1, -0.05) is 23.7 Å². The summed E-state index contributed by atoms with van der Waals surface area (Å²) >= 11 is 7.55. The molecule has 1 N–H and O–H groups in total. The zero-order chi connectivity index (χ0) is 16.2. The molecule has 3 rings (SSSR count). The van der Waals surface area contributed by atoms with Crippen LogP contribution in [0.4, 0.5) is 0 Å². The van der Waals surface area contributed by atoms with Crippen LogP contribution in [-0.4, -0.2) is 15.5 Å². The number of aromatic nitrogens is 2. The molecule has 2 heterocycles. The van der Waals surface area contributed by atoms with Crippen molar-refractivity contribution in [1.29, 1.82) is 0 Å². The SMILES string of the molecule is Cn1ccnc1[C@@H](NC(=O)Cc1ccsc1)c1ccc(Cl)cc1. The van der Waals surface area contributed by atoms with Gasteiger partial charge in [0, 0.05) is 24.5 Å². The number of hydrogen-bond acceptors (Lipinski definition) is 3. The van der Waals surface area contributed by atoms with Gasteiger partial charge in [-0.15, -0.1) is 0 Å². The number of rotatable bonds is 5. The molecule has 23 heavy (non-hydrogen) atoms. The first kappa shape index (κ1) is 15.8. The van der Waals surface area contributed by atoms with E-state index in [9.17, 15) is 4.79 Å². The Bertz CT molecular complexity index is 781. The zero-order valence-corrected chi connectivity index (χ0v) is 14.1.